The largest absolute Gasteiger partial charge is 0.356 e. The van der Waals surface area contributed by atoms with E-state index in [2.05, 4.69) is 22.5 Å². The molecule has 2 rings (SSSR count). The SMILES string of the molecule is CCC(CCNC(=NC)NCCc1ccccc1Cl)N1CCCC1=O.I. The van der Waals surface area contributed by atoms with Gasteiger partial charge >= 0.3 is 0 Å². The third-order valence-corrected chi connectivity index (χ3v) is 5.03. The average molecular weight is 493 g/mol. The number of carbonyl (C=O) groups excluding carboxylic acids is 1. The first-order valence-electron chi connectivity index (χ1n) is 9.13. The van der Waals surface area contributed by atoms with E-state index in [0.29, 0.717) is 18.4 Å². The summed E-state index contributed by atoms with van der Waals surface area (Å²) in [5.41, 5.74) is 1.13. The first kappa shape index (κ1) is 23.0. The van der Waals surface area contributed by atoms with E-state index in [9.17, 15) is 4.79 Å². The van der Waals surface area contributed by atoms with Gasteiger partial charge in [0.1, 0.15) is 0 Å². The lowest BCUT2D eigenvalue weighted by Crippen LogP contribution is -2.42. The van der Waals surface area contributed by atoms with Crippen molar-refractivity contribution in [1.82, 2.24) is 15.5 Å². The Morgan fingerprint density at radius 3 is 2.65 bits per heavy atom. The van der Waals surface area contributed by atoms with E-state index < -0.39 is 0 Å². The van der Waals surface area contributed by atoms with Crippen LogP contribution in [0.15, 0.2) is 29.3 Å². The van der Waals surface area contributed by atoms with Gasteiger partial charge in [-0.2, -0.15) is 0 Å². The second-order valence-electron chi connectivity index (χ2n) is 6.31. The number of amides is 1. The van der Waals surface area contributed by atoms with Crippen LogP contribution in [0.2, 0.25) is 5.02 Å². The van der Waals surface area contributed by atoms with Crippen LogP contribution in [0.1, 0.15) is 38.2 Å². The third-order valence-electron chi connectivity index (χ3n) is 4.66. The zero-order valence-electron chi connectivity index (χ0n) is 15.6. The summed E-state index contributed by atoms with van der Waals surface area (Å²) in [5, 5.41) is 7.46. The van der Waals surface area contributed by atoms with E-state index in [1.807, 2.05) is 29.2 Å². The number of benzene rings is 1. The van der Waals surface area contributed by atoms with Crippen LogP contribution >= 0.6 is 35.6 Å². The molecule has 0 radical (unpaired) electrons. The molecule has 0 spiro atoms. The maximum Gasteiger partial charge on any atom is 0.222 e. The summed E-state index contributed by atoms with van der Waals surface area (Å²) >= 11 is 6.18. The maximum atomic E-state index is 11.9. The van der Waals surface area contributed by atoms with Crippen LogP contribution in [0.4, 0.5) is 0 Å². The van der Waals surface area contributed by atoms with Gasteiger partial charge in [-0.25, -0.2) is 0 Å². The smallest absolute Gasteiger partial charge is 0.222 e. The van der Waals surface area contributed by atoms with Gasteiger partial charge in [0.2, 0.25) is 5.91 Å². The third kappa shape index (κ3) is 6.95. The van der Waals surface area contributed by atoms with Crippen LogP contribution in [-0.4, -0.2) is 49.5 Å². The Labute approximate surface area is 179 Å². The fraction of sp³-hybridized carbons (Fsp3) is 0.579. The normalized spacial score (nSPS) is 15.6. The molecule has 1 amide bonds. The molecule has 0 aromatic heterocycles. The van der Waals surface area contributed by atoms with E-state index >= 15 is 0 Å². The zero-order valence-corrected chi connectivity index (χ0v) is 18.7. The summed E-state index contributed by atoms with van der Waals surface area (Å²) in [7, 11) is 1.77. The number of likely N-dealkylation sites (tertiary alicyclic amines) is 1. The van der Waals surface area contributed by atoms with Crippen molar-refractivity contribution in [2.24, 2.45) is 4.99 Å². The fourth-order valence-corrected chi connectivity index (χ4v) is 3.46. The number of nitrogens with zero attached hydrogens (tertiary/aromatic N) is 2. The first-order chi connectivity index (χ1) is 12.2. The van der Waals surface area contributed by atoms with Crippen molar-refractivity contribution < 1.29 is 4.79 Å². The Hall–Kier alpha value is -1.02. The molecule has 1 atom stereocenters. The van der Waals surface area contributed by atoms with Gasteiger partial charge in [-0.05, 0) is 37.3 Å². The number of carbonyl (C=O) groups is 1. The Morgan fingerprint density at radius 1 is 1.31 bits per heavy atom. The van der Waals surface area contributed by atoms with Crippen LogP contribution in [0.25, 0.3) is 0 Å². The van der Waals surface area contributed by atoms with Gasteiger partial charge in [0.05, 0.1) is 0 Å². The van der Waals surface area contributed by atoms with Crippen molar-refractivity contribution in [3.05, 3.63) is 34.9 Å². The maximum absolute atomic E-state index is 11.9. The molecule has 0 bridgehead atoms. The Morgan fingerprint density at radius 2 is 2.04 bits per heavy atom. The van der Waals surface area contributed by atoms with Crippen molar-refractivity contribution in [1.29, 1.82) is 0 Å². The number of rotatable bonds is 8. The number of guanidine groups is 1. The van der Waals surface area contributed by atoms with Crippen LogP contribution < -0.4 is 10.6 Å². The van der Waals surface area contributed by atoms with Gasteiger partial charge in [0, 0.05) is 44.2 Å². The highest BCUT2D eigenvalue weighted by Crippen LogP contribution is 2.17. The van der Waals surface area contributed by atoms with E-state index in [0.717, 1.165) is 61.9 Å². The molecule has 7 heteroatoms. The molecule has 1 heterocycles. The van der Waals surface area contributed by atoms with Gasteiger partial charge in [0.15, 0.2) is 5.96 Å². The van der Waals surface area contributed by atoms with E-state index in [-0.39, 0.29) is 24.0 Å². The van der Waals surface area contributed by atoms with E-state index in [1.165, 1.54) is 0 Å². The highest BCUT2D eigenvalue weighted by molar-refractivity contribution is 14.0. The van der Waals surface area contributed by atoms with Crippen molar-refractivity contribution in [2.45, 2.75) is 45.1 Å². The molecule has 146 valence electrons. The lowest BCUT2D eigenvalue weighted by atomic mass is 10.1. The van der Waals surface area contributed by atoms with Gasteiger partial charge in [-0.1, -0.05) is 36.7 Å². The molecule has 1 aliphatic heterocycles. The molecule has 0 aliphatic carbocycles. The summed E-state index contributed by atoms with van der Waals surface area (Å²) in [5.74, 6) is 1.09. The van der Waals surface area contributed by atoms with E-state index in [4.69, 9.17) is 11.6 Å². The van der Waals surface area contributed by atoms with Crippen molar-refractivity contribution in [2.75, 3.05) is 26.7 Å². The van der Waals surface area contributed by atoms with Crippen LogP contribution in [-0.2, 0) is 11.2 Å². The summed E-state index contributed by atoms with van der Waals surface area (Å²) in [6, 6.07) is 8.21. The molecular formula is C19H30ClIN4O. The zero-order chi connectivity index (χ0) is 18.1. The van der Waals surface area contributed by atoms with Gasteiger partial charge in [-0.15, -0.1) is 24.0 Å². The van der Waals surface area contributed by atoms with Crippen molar-refractivity contribution in [3.8, 4) is 0 Å². The minimum Gasteiger partial charge on any atom is -0.356 e. The molecule has 2 N–H and O–H groups in total. The second kappa shape index (κ2) is 12.4. The molecule has 1 aromatic rings. The highest BCUT2D eigenvalue weighted by atomic mass is 127. The van der Waals surface area contributed by atoms with Crippen molar-refractivity contribution >= 4 is 47.4 Å². The van der Waals surface area contributed by atoms with Crippen LogP contribution in [0, 0.1) is 0 Å². The predicted molar refractivity (Wildman–Crippen MR) is 120 cm³/mol. The molecule has 5 nitrogen and oxygen atoms in total. The second-order valence-corrected chi connectivity index (χ2v) is 6.72. The highest BCUT2D eigenvalue weighted by Gasteiger charge is 2.26. The molecular weight excluding hydrogens is 463 g/mol. The summed E-state index contributed by atoms with van der Waals surface area (Å²) in [4.78, 5) is 18.2. The number of aliphatic imine (C=N–C) groups is 1. The predicted octanol–water partition coefficient (Wildman–Crippen LogP) is 3.46. The summed E-state index contributed by atoms with van der Waals surface area (Å²) in [6.45, 7) is 4.62. The molecule has 1 fully saturated rings. The van der Waals surface area contributed by atoms with Gasteiger partial charge < -0.3 is 15.5 Å². The van der Waals surface area contributed by atoms with Gasteiger partial charge in [-0.3, -0.25) is 9.79 Å². The molecule has 26 heavy (non-hydrogen) atoms. The standard InChI is InChI=1S/C19H29ClN4O.HI/c1-3-16(24-14-6-9-18(24)25)11-13-23-19(21-2)22-12-10-15-7-4-5-8-17(15)20;/h4-5,7-8,16H,3,6,9-14H2,1-2H3,(H2,21,22,23);1H. The molecule has 1 unspecified atom stereocenters. The molecule has 1 aliphatic rings. The Bertz CT molecular complexity index is 597. The van der Waals surface area contributed by atoms with Gasteiger partial charge in [0.25, 0.3) is 0 Å². The lowest BCUT2D eigenvalue weighted by molar-refractivity contribution is -0.129. The average Bonchev–Trinajstić information content (AvgIpc) is 3.04. The summed E-state index contributed by atoms with van der Waals surface area (Å²) in [6.07, 6.45) is 4.48. The minimum atomic E-state index is 0. The number of nitrogens with one attached hydrogen (secondary N) is 2. The Kier molecular flexibility index (Phi) is 11.0. The Balaban J connectivity index is 0.00000338. The van der Waals surface area contributed by atoms with Crippen LogP contribution in [0.5, 0.6) is 0 Å². The topological polar surface area (TPSA) is 56.7 Å². The fourth-order valence-electron chi connectivity index (χ4n) is 3.23. The first-order valence-corrected chi connectivity index (χ1v) is 9.51. The number of hydrogen-bond acceptors (Lipinski definition) is 2. The molecule has 0 saturated carbocycles. The molecule has 1 aromatic carbocycles. The minimum absolute atomic E-state index is 0. The molecule has 1 saturated heterocycles. The summed E-state index contributed by atoms with van der Waals surface area (Å²) < 4.78 is 0. The van der Waals surface area contributed by atoms with Crippen molar-refractivity contribution in [3.63, 3.8) is 0 Å². The monoisotopic (exact) mass is 492 g/mol. The van der Waals surface area contributed by atoms with Crippen LogP contribution in [0.3, 0.4) is 0 Å². The quantitative estimate of drug-likeness (QED) is 0.332. The number of hydrogen-bond donors (Lipinski definition) is 2. The lowest BCUT2D eigenvalue weighted by Gasteiger charge is -2.27. The number of halogens is 2. The van der Waals surface area contributed by atoms with E-state index in [1.54, 1.807) is 7.05 Å².